The Morgan fingerprint density at radius 1 is 1.34 bits per heavy atom. The summed E-state index contributed by atoms with van der Waals surface area (Å²) in [6.45, 7) is 1.24. The smallest absolute Gasteiger partial charge is 0.248 e. The van der Waals surface area contributed by atoms with E-state index in [0.29, 0.717) is 46.8 Å². The van der Waals surface area contributed by atoms with Crippen molar-refractivity contribution >= 4 is 40.0 Å². The Morgan fingerprint density at radius 3 is 2.91 bits per heavy atom. The monoisotopic (exact) mass is 514 g/mol. The zero-order valence-electron chi connectivity index (χ0n) is 18.7. The summed E-state index contributed by atoms with van der Waals surface area (Å²) in [6.07, 6.45) is 4.89. The van der Waals surface area contributed by atoms with Gasteiger partial charge in [-0.05, 0) is 0 Å². The zero-order chi connectivity index (χ0) is 24.5. The highest BCUT2D eigenvalue weighted by molar-refractivity contribution is 6.45. The summed E-state index contributed by atoms with van der Waals surface area (Å²) in [6, 6.07) is 3.60. The van der Waals surface area contributed by atoms with Gasteiger partial charge in [0.15, 0.2) is 12.4 Å². The molecule has 5 rings (SSSR count). The molecule has 3 aromatic heterocycles. The first kappa shape index (κ1) is 23.2. The number of carbonyl (C=O) groups excluding carboxylic acids is 1. The first-order chi connectivity index (χ1) is 17.0. The number of amides is 1. The minimum absolute atomic E-state index is 0.0861. The Balaban J connectivity index is 1.50. The number of rotatable bonds is 7. The molecule has 35 heavy (non-hydrogen) atoms. The lowest BCUT2D eigenvalue weighted by Crippen LogP contribution is -2.40. The van der Waals surface area contributed by atoms with Gasteiger partial charge in [-0.25, -0.2) is 4.98 Å². The molecule has 0 atom stereocenters. The summed E-state index contributed by atoms with van der Waals surface area (Å²) < 4.78 is 15.0. The van der Waals surface area contributed by atoms with Crippen molar-refractivity contribution in [3.05, 3.63) is 46.4 Å². The number of carbonyl (C=O) groups is 1. The molecule has 0 aliphatic carbocycles. The number of aryl methyl sites for hydroxylation is 1. The second-order valence-electron chi connectivity index (χ2n) is 7.91. The number of fused-ring (bicyclic) bond motifs is 3. The van der Waals surface area contributed by atoms with Gasteiger partial charge < -0.3 is 18.9 Å². The Kier molecular flexibility index (Phi) is 6.34. The van der Waals surface area contributed by atoms with E-state index in [1.807, 2.05) is 6.07 Å². The fraction of sp³-hybridized carbons (Fsp3) is 0.318. The van der Waals surface area contributed by atoms with Crippen molar-refractivity contribution in [1.29, 1.82) is 5.26 Å². The van der Waals surface area contributed by atoms with Gasteiger partial charge in [0.2, 0.25) is 5.91 Å². The van der Waals surface area contributed by atoms with Crippen molar-refractivity contribution in [3.63, 3.8) is 0 Å². The number of halogens is 2. The number of aromatic amines is 1. The van der Waals surface area contributed by atoms with E-state index in [0.717, 1.165) is 22.2 Å². The molecular formula is C22H20Cl2N8O3. The molecule has 0 saturated carbocycles. The Morgan fingerprint density at radius 2 is 2.20 bits per heavy atom. The van der Waals surface area contributed by atoms with Crippen LogP contribution in [0.25, 0.3) is 22.0 Å². The highest BCUT2D eigenvalue weighted by Crippen LogP contribution is 2.46. The Hall–Kier alpha value is -3.59. The van der Waals surface area contributed by atoms with Gasteiger partial charge in [0, 0.05) is 49.2 Å². The SMILES string of the molecule is Cn1ncnc1COCC(=O)N1CCn2c(c(-c3cn[nH]c3)c3c(OCC#N)cc(Cl)c(Cl)c32)C1. The van der Waals surface area contributed by atoms with E-state index >= 15 is 0 Å². The summed E-state index contributed by atoms with van der Waals surface area (Å²) in [5.74, 6) is 0.932. The molecule has 1 N–H and O–H groups in total. The van der Waals surface area contributed by atoms with Gasteiger partial charge in [-0.1, -0.05) is 23.2 Å². The third kappa shape index (κ3) is 4.20. The van der Waals surface area contributed by atoms with Crippen molar-refractivity contribution < 1.29 is 14.3 Å². The maximum Gasteiger partial charge on any atom is 0.248 e. The Labute approximate surface area is 209 Å². The molecule has 0 unspecified atom stereocenters. The molecule has 0 spiro atoms. The topological polar surface area (TPSA) is 127 Å². The fourth-order valence-electron chi connectivity index (χ4n) is 4.30. The van der Waals surface area contributed by atoms with Gasteiger partial charge >= 0.3 is 0 Å². The quantitative estimate of drug-likeness (QED) is 0.401. The van der Waals surface area contributed by atoms with Crippen LogP contribution in [-0.2, 0) is 36.3 Å². The molecule has 1 aromatic carbocycles. The van der Waals surface area contributed by atoms with E-state index in [-0.39, 0.29) is 25.7 Å². The first-order valence-corrected chi connectivity index (χ1v) is 11.5. The minimum atomic E-state index is -0.147. The highest BCUT2D eigenvalue weighted by atomic mass is 35.5. The van der Waals surface area contributed by atoms with E-state index < -0.39 is 0 Å². The van der Waals surface area contributed by atoms with Crippen LogP contribution >= 0.6 is 23.2 Å². The second-order valence-corrected chi connectivity index (χ2v) is 8.69. The Bertz CT molecular complexity index is 1440. The lowest BCUT2D eigenvalue weighted by molar-refractivity contribution is -0.138. The van der Waals surface area contributed by atoms with Gasteiger partial charge in [0.25, 0.3) is 0 Å². The van der Waals surface area contributed by atoms with Crippen LogP contribution in [0.1, 0.15) is 11.5 Å². The zero-order valence-corrected chi connectivity index (χ0v) is 20.2. The van der Waals surface area contributed by atoms with E-state index in [1.54, 1.807) is 35.1 Å². The van der Waals surface area contributed by atoms with Crippen LogP contribution in [-0.4, -0.2) is 60.1 Å². The van der Waals surface area contributed by atoms with Crippen molar-refractivity contribution in [2.45, 2.75) is 19.7 Å². The largest absolute Gasteiger partial charge is 0.478 e. The highest BCUT2D eigenvalue weighted by Gasteiger charge is 2.31. The number of benzene rings is 1. The second kappa shape index (κ2) is 9.58. The molecule has 11 nitrogen and oxygen atoms in total. The average molecular weight is 515 g/mol. The maximum atomic E-state index is 13.0. The van der Waals surface area contributed by atoms with Gasteiger partial charge in [0.1, 0.15) is 31.4 Å². The fourth-order valence-corrected chi connectivity index (χ4v) is 4.74. The molecule has 0 bridgehead atoms. The van der Waals surface area contributed by atoms with Crippen LogP contribution < -0.4 is 4.74 Å². The molecule has 0 fully saturated rings. The number of nitrogens with one attached hydrogen (secondary N) is 1. The average Bonchev–Trinajstić information content (AvgIpc) is 3.59. The summed E-state index contributed by atoms with van der Waals surface area (Å²) in [5, 5.41) is 21.4. The van der Waals surface area contributed by atoms with E-state index in [1.165, 1.54) is 6.33 Å². The van der Waals surface area contributed by atoms with Crippen molar-refractivity contribution in [3.8, 4) is 22.9 Å². The molecule has 1 aliphatic rings. The van der Waals surface area contributed by atoms with Gasteiger partial charge in [0.05, 0.1) is 33.7 Å². The number of nitriles is 1. The molecule has 0 radical (unpaired) electrons. The summed E-state index contributed by atoms with van der Waals surface area (Å²) in [7, 11) is 1.76. The van der Waals surface area contributed by atoms with Crippen LogP contribution in [0.3, 0.4) is 0 Å². The number of nitrogens with zero attached hydrogens (tertiary/aromatic N) is 7. The predicted molar refractivity (Wildman–Crippen MR) is 127 cm³/mol. The molecule has 4 heterocycles. The van der Waals surface area contributed by atoms with Crippen molar-refractivity contribution in [2.24, 2.45) is 7.05 Å². The molecule has 1 aliphatic heterocycles. The first-order valence-electron chi connectivity index (χ1n) is 10.7. The normalized spacial score (nSPS) is 13.1. The van der Waals surface area contributed by atoms with Crippen LogP contribution in [0.2, 0.25) is 10.0 Å². The maximum absolute atomic E-state index is 13.0. The number of aromatic nitrogens is 6. The number of hydrogen-bond donors (Lipinski definition) is 1. The van der Waals surface area contributed by atoms with Crippen molar-refractivity contribution in [1.82, 2.24) is 34.4 Å². The number of hydrogen-bond acceptors (Lipinski definition) is 7. The number of H-pyrrole nitrogens is 1. The molecule has 1 amide bonds. The summed E-state index contributed by atoms with van der Waals surface area (Å²) in [4.78, 5) is 18.8. The van der Waals surface area contributed by atoms with Gasteiger partial charge in [-0.2, -0.15) is 15.5 Å². The predicted octanol–water partition coefficient (Wildman–Crippen LogP) is 2.93. The van der Waals surface area contributed by atoms with E-state index in [4.69, 9.17) is 37.9 Å². The third-order valence-electron chi connectivity index (χ3n) is 5.92. The summed E-state index contributed by atoms with van der Waals surface area (Å²) in [5.41, 5.74) is 3.18. The van der Waals surface area contributed by atoms with E-state index in [9.17, 15) is 4.79 Å². The molecule has 0 saturated heterocycles. The molecular weight excluding hydrogens is 495 g/mol. The van der Waals surface area contributed by atoms with Crippen LogP contribution in [0.15, 0.2) is 24.8 Å². The van der Waals surface area contributed by atoms with Crippen LogP contribution in [0.5, 0.6) is 5.75 Å². The molecule has 180 valence electrons. The summed E-state index contributed by atoms with van der Waals surface area (Å²) >= 11 is 13.1. The standard InChI is InChI=1S/C22H20Cl2N8O3/c1-30-17(26-12-29-30)10-34-11-18(33)31-3-4-32-15(9-31)19(13-7-27-28-8-13)20-16(35-5-2-25)6-14(23)21(24)22(20)32/h6-8,12H,3-5,9-11H2,1H3,(H,27,28). The minimum Gasteiger partial charge on any atom is -0.478 e. The molecule has 4 aromatic rings. The number of ether oxygens (including phenoxy) is 2. The lowest BCUT2D eigenvalue weighted by atomic mass is 10.0. The van der Waals surface area contributed by atoms with Crippen molar-refractivity contribution in [2.75, 3.05) is 19.8 Å². The molecule has 13 heteroatoms. The third-order valence-corrected chi connectivity index (χ3v) is 6.70. The van der Waals surface area contributed by atoms with E-state index in [2.05, 4.69) is 24.8 Å². The van der Waals surface area contributed by atoms with Crippen LogP contribution in [0, 0.1) is 11.3 Å². The van der Waals surface area contributed by atoms with Gasteiger partial charge in [-0.3, -0.25) is 14.6 Å². The lowest BCUT2D eigenvalue weighted by Gasteiger charge is -2.29. The van der Waals surface area contributed by atoms with Crippen LogP contribution in [0.4, 0.5) is 0 Å². The van der Waals surface area contributed by atoms with Gasteiger partial charge in [-0.15, -0.1) is 0 Å².